The molecule has 1 amide bonds. The number of amides is 1. The van der Waals surface area contributed by atoms with Crippen LogP contribution in [0.4, 0.5) is 14.5 Å². The Morgan fingerprint density at radius 3 is 2.67 bits per heavy atom. The Balaban J connectivity index is 2.41. The molecule has 0 bridgehead atoms. The largest absolute Gasteiger partial charge is 0.382 e. The van der Waals surface area contributed by atoms with Crippen LogP contribution in [-0.4, -0.2) is 24.0 Å². The molecule has 1 aromatic carbocycles. The Morgan fingerprint density at radius 1 is 1.11 bits per heavy atom. The van der Waals surface area contributed by atoms with Crippen LogP contribution in [0.1, 0.15) is 10.4 Å². The Hall–Kier alpha value is -2.24. The molecule has 2 heterocycles. The highest BCUT2D eigenvalue weighted by Crippen LogP contribution is 2.30. The lowest BCUT2D eigenvalue weighted by atomic mass is 10.1. The first kappa shape index (κ1) is 10.9. The first-order valence-electron chi connectivity index (χ1n) is 5.47. The Bertz CT molecular complexity index is 657. The zero-order valence-corrected chi connectivity index (χ0v) is 9.26. The van der Waals surface area contributed by atoms with E-state index in [0.717, 1.165) is 12.1 Å². The molecule has 2 aromatic rings. The van der Waals surface area contributed by atoms with E-state index in [0.29, 0.717) is 18.8 Å². The van der Waals surface area contributed by atoms with Crippen LogP contribution in [0.15, 0.2) is 18.3 Å². The first-order valence-corrected chi connectivity index (χ1v) is 5.47. The number of pyridine rings is 1. The molecular weight excluding hydrogens is 240 g/mol. The van der Waals surface area contributed by atoms with Crippen molar-refractivity contribution < 1.29 is 13.6 Å². The summed E-state index contributed by atoms with van der Waals surface area (Å²) >= 11 is 0. The van der Waals surface area contributed by atoms with Gasteiger partial charge in [-0.1, -0.05) is 0 Å². The number of carbonyl (C=O) groups excluding carboxylic acids is 1. The third kappa shape index (κ3) is 1.49. The number of hydrogen-bond donors (Lipinski definition) is 2. The average molecular weight is 249 g/mol. The van der Waals surface area contributed by atoms with Crippen LogP contribution in [-0.2, 0) is 0 Å². The highest BCUT2D eigenvalue weighted by molar-refractivity contribution is 6.07. The molecule has 6 heteroatoms. The van der Waals surface area contributed by atoms with E-state index in [2.05, 4.69) is 15.6 Å². The molecule has 0 unspecified atom stereocenters. The number of nitrogens with one attached hydrogen (secondary N) is 2. The summed E-state index contributed by atoms with van der Waals surface area (Å²) in [5.41, 5.74) is 0.451. The van der Waals surface area contributed by atoms with Crippen molar-refractivity contribution in [2.45, 2.75) is 0 Å². The Kier molecular flexibility index (Phi) is 2.36. The van der Waals surface area contributed by atoms with E-state index in [9.17, 15) is 13.6 Å². The van der Waals surface area contributed by atoms with Crippen molar-refractivity contribution in [3.05, 3.63) is 35.5 Å². The Labute approximate surface area is 101 Å². The standard InChI is InChI=1S/C12H9F2N3O/c13-7-1-2-8(14)11-9(7)10-6(5-17-11)12(18)16-4-3-15-10/h1-2,5,15H,3-4H2,(H,16,18). The molecule has 1 aliphatic rings. The Morgan fingerprint density at radius 2 is 1.83 bits per heavy atom. The van der Waals surface area contributed by atoms with Crippen LogP contribution in [0.3, 0.4) is 0 Å². The highest BCUT2D eigenvalue weighted by Gasteiger charge is 2.21. The minimum atomic E-state index is -0.611. The van der Waals surface area contributed by atoms with Crippen LogP contribution >= 0.6 is 0 Å². The zero-order valence-electron chi connectivity index (χ0n) is 9.26. The van der Waals surface area contributed by atoms with Gasteiger partial charge in [0.05, 0.1) is 16.6 Å². The van der Waals surface area contributed by atoms with Crippen LogP contribution in [0.5, 0.6) is 0 Å². The quantitative estimate of drug-likeness (QED) is 0.746. The molecule has 1 aliphatic heterocycles. The molecule has 18 heavy (non-hydrogen) atoms. The predicted octanol–water partition coefficient (Wildman–Crippen LogP) is 1.67. The summed E-state index contributed by atoms with van der Waals surface area (Å²) in [4.78, 5) is 15.6. The molecule has 1 aromatic heterocycles. The summed E-state index contributed by atoms with van der Waals surface area (Å²) in [5.74, 6) is -1.55. The average Bonchev–Trinajstić information content (AvgIpc) is 2.56. The number of fused-ring (bicyclic) bond motifs is 3. The van der Waals surface area contributed by atoms with Gasteiger partial charge in [-0.2, -0.15) is 0 Å². The maximum atomic E-state index is 13.8. The highest BCUT2D eigenvalue weighted by atomic mass is 19.1. The van der Waals surface area contributed by atoms with Gasteiger partial charge in [-0.25, -0.2) is 8.78 Å². The van der Waals surface area contributed by atoms with E-state index in [1.54, 1.807) is 0 Å². The van der Waals surface area contributed by atoms with Crippen molar-refractivity contribution in [1.82, 2.24) is 10.3 Å². The summed E-state index contributed by atoms with van der Waals surface area (Å²) in [5, 5.41) is 5.60. The summed E-state index contributed by atoms with van der Waals surface area (Å²) in [7, 11) is 0. The second-order valence-corrected chi connectivity index (χ2v) is 3.98. The van der Waals surface area contributed by atoms with Gasteiger partial charge in [-0.05, 0) is 12.1 Å². The smallest absolute Gasteiger partial charge is 0.255 e. The van der Waals surface area contributed by atoms with Gasteiger partial charge in [-0.3, -0.25) is 9.78 Å². The van der Waals surface area contributed by atoms with Gasteiger partial charge in [0.1, 0.15) is 17.2 Å². The zero-order chi connectivity index (χ0) is 12.7. The summed E-state index contributed by atoms with van der Waals surface area (Å²) in [6.45, 7) is 0.875. The van der Waals surface area contributed by atoms with Crippen LogP contribution < -0.4 is 10.6 Å². The normalized spacial score (nSPS) is 14.7. The van der Waals surface area contributed by atoms with Gasteiger partial charge < -0.3 is 10.6 Å². The number of nitrogens with zero attached hydrogens (tertiary/aromatic N) is 1. The number of benzene rings is 1. The fourth-order valence-corrected chi connectivity index (χ4v) is 2.05. The lowest BCUT2D eigenvalue weighted by Crippen LogP contribution is -2.24. The molecule has 4 nitrogen and oxygen atoms in total. The number of rotatable bonds is 0. The molecule has 0 saturated carbocycles. The minimum absolute atomic E-state index is 0.0181. The minimum Gasteiger partial charge on any atom is -0.382 e. The summed E-state index contributed by atoms with van der Waals surface area (Å²) < 4.78 is 27.4. The maximum Gasteiger partial charge on any atom is 0.255 e. The first-order chi connectivity index (χ1) is 8.68. The SMILES string of the molecule is O=C1NCCNc2c1cnc1c(F)ccc(F)c21. The van der Waals surface area contributed by atoms with Crippen molar-refractivity contribution in [3.8, 4) is 0 Å². The van der Waals surface area contributed by atoms with Crippen molar-refractivity contribution >= 4 is 22.5 Å². The molecule has 0 spiro atoms. The molecule has 0 saturated heterocycles. The molecule has 3 rings (SSSR count). The lowest BCUT2D eigenvalue weighted by molar-refractivity contribution is 0.0958. The van der Waals surface area contributed by atoms with Crippen molar-refractivity contribution in [1.29, 1.82) is 0 Å². The number of halogens is 2. The topological polar surface area (TPSA) is 54.0 Å². The predicted molar refractivity (Wildman–Crippen MR) is 62.5 cm³/mol. The van der Waals surface area contributed by atoms with Gasteiger partial charge in [-0.15, -0.1) is 0 Å². The number of anilines is 1. The number of hydrogen-bond acceptors (Lipinski definition) is 3. The molecule has 2 N–H and O–H groups in total. The number of carbonyl (C=O) groups is 1. The lowest BCUT2D eigenvalue weighted by Gasteiger charge is -2.10. The monoisotopic (exact) mass is 249 g/mol. The van der Waals surface area contributed by atoms with E-state index in [1.807, 2.05) is 0 Å². The van der Waals surface area contributed by atoms with E-state index in [4.69, 9.17) is 0 Å². The van der Waals surface area contributed by atoms with E-state index in [1.165, 1.54) is 6.20 Å². The number of aromatic nitrogens is 1. The van der Waals surface area contributed by atoms with Crippen LogP contribution in [0, 0.1) is 11.6 Å². The second kappa shape index (κ2) is 3.90. The van der Waals surface area contributed by atoms with E-state index < -0.39 is 11.6 Å². The van der Waals surface area contributed by atoms with E-state index in [-0.39, 0.29) is 22.4 Å². The van der Waals surface area contributed by atoms with Crippen molar-refractivity contribution in [3.63, 3.8) is 0 Å². The van der Waals surface area contributed by atoms with Gasteiger partial charge in [0.15, 0.2) is 0 Å². The van der Waals surface area contributed by atoms with Gasteiger partial charge in [0.2, 0.25) is 0 Å². The van der Waals surface area contributed by atoms with Gasteiger partial charge in [0, 0.05) is 19.3 Å². The third-order valence-electron chi connectivity index (χ3n) is 2.88. The fraction of sp³-hybridized carbons (Fsp3) is 0.167. The molecular formula is C12H9F2N3O. The van der Waals surface area contributed by atoms with Crippen molar-refractivity contribution in [2.75, 3.05) is 18.4 Å². The molecule has 0 atom stereocenters. The third-order valence-corrected chi connectivity index (χ3v) is 2.88. The fourth-order valence-electron chi connectivity index (χ4n) is 2.05. The van der Waals surface area contributed by atoms with Gasteiger partial charge in [0.25, 0.3) is 5.91 Å². The van der Waals surface area contributed by atoms with Crippen LogP contribution in [0.2, 0.25) is 0 Å². The molecule has 0 aliphatic carbocycles. The molecule has 0 radical (unpaired) electrons. The second-order valence-electron chi connectivity index (χ2n) is 3.98. The summed E-state index contributed by atoms with van der Waals surface area (Å²) in [6, 6.07) is 2.05. The maximum absolute atomic E-state index is 13.8. The van der Waals surface area contributed by atoms with Crippen molar-refractivity contribution in [2.24, 2.45) is 0 Å². The molecule has 92 valence electrons. The van der Waals surface area contributed by atoms with Gasteiger partial charge >= 0.3 is 0 Å². The van der Waals surface area contributed by atoms with Crippen LogP contribution in [0.25, 0.3) is 10.9 Å². The molecule has 0 fully saturated rings. The van der Waals surface area contributed by atoms with E-state index >= 15 is 0 Å². The summed E-state index contributed by atoms with van der Waals surface area (Å²) in [6.07, 6.45) is 1.26.